The van der Waals surface area contributed by atoms with Gasteiger partial charge in [0.1, 0.15) is 34.3 Å². The van der Waals surface area contributed by atoms with Crippen LogP contribution in [0.15, 0.2) is 127 Å². The number of rotatable bonds is 7. The molecule has 0 amide bonds. The maximum absolute atomic E-state index is 14.0. The monoisotopic (exact) mass is 639 g/mol. The van der Waals surface area contributed by atoms with Crippen molar-refractivity contribution in [3.63, 3.8) is 0 Å². The van der Waals surface area contributed by atoms with Crippen LogP contribution in [0.5, 0.6) is 34.5 Å². The van der Waals surface area contributed by atoms with E-state index in [1.54, 1.807) is 73.8 Å². The molecule has 0 aliphatic carbocycles. The van der Waals surface area contributed by atoms with E-state index in [-0.39, 0.29) is 40.1 Å². The standard InChI is InChI=1S/C38H25NO9/c1-43-26-17-18-30-28(19-26)29(35(39-30)23-11-5-2-6-12-23)22-33-36(40)34-31(47-33)20-27(46-37(41)44-24-13-7-3-8-14-24)21-32(34)48-38(42)45-25-15-9-4-10-16-25/h2-22,39H,1H3/b33-22-. The van der Waals surface area contributed by atoms with Crippen LogP contribution in [0, 0.1) is 0 Å². The lowest BCUT2D eigenvalue weighted by molar-refractivity contribution is 0.101. The van der Waals surface area contributed by atoms with Crippen LogP contribution in [0.25, 0.3) is 28.2 Å². The van der Waals surface area contributed by atoms with Gasteiger partial charge in [-0.15, -0.1) is 0 Å². The van der Waals surface area contributed by atoms with Gasteiger partial charge in [0.15, 0.2) is 11.5 Å². The molecule has 6 aromatic rings. The van der Waals surface area contributed by atoms with E-state index in [1.807, 2.05) is 48.5 Å². The number of fused-ring (bicyclic) bond motifs is 2. The van der Waals surface area contributed by atoms with E-state index < -0.39 is 18.1 Å². The van der Waals surface area contributed by atoms with Crippen LogP contribution in [0.2, 0.25) is 0 Å². The largest absolute Gasteiger partial charge is 0.519 e. The van der Waals surface area contributed by atoms with E-state index in [2.05, 4.69) is 4.98 Å². The third-order valence-corrected chi connectivity index (χ3v) is 7.38. The highest BCUT2D eigenvalue weighted by Gasteiger charge is 2.34. The second kappa shape index (κ2) is 12.9. The normalized spacial score (nSPS) is 12.7. The number of nitrogens with one attached hydrogen (secondary N) is 1. The predicted molar refractivity (Wildman–Crippen MR) is 176 cm³/mol. The van der Waals surface area contributed by atoms with Crippen molar-refractivity contribution >= 4 is 35.1 Å². The second-order valence-corrected chi connectivity index (χ2v) is 10.5. The Morgan fingerprint density at radius 3 is 1.92 bits per heavy atom. The van der Waals surface area contributed by atoms with Crippen LogP contribution >= 0.6 is 0 Å². The van der Waals surface area contributed by atoms with Gasteiger partial charge in [-0.3, -0.25) is 4.79 Å². The van der Waals surface area contributed by atoms with E-state index in [0.717, 1.165) is 22.2 Å². The Morgan fingerprint density at radius 1 is 0.667 bits per heavy atom. The fourth-order valence-corrected chi connectivity index (χ4v) is 5.22. The average molecular weight is 640 g/mol. The maximum Gasteiger partial charge on any atom is 0.519 e. The molecular weight excluding hydrogens is 614 g/mol. The number of para-hydroxylation sites is 2. The van der Waals surface area contributed by atoms with Crippen molar-refractivity contribution in [2.45, 2.75) is 0 Å². The van der Waals surface area contributed by atoms with Crippen molar-refractivity contribution in [2.75, 3.05) is 7.11 Å². The minimum atomic E-state index is -1.12. The number of ether oxygens (including phenoxy) is 6. The van der Waals surface area contributed by atoms with E-state index in [9.17, 15) is 14.4 Å². The Bertz CT molecular complexity index is 2190. The van der Waals surface area contributed by atoms with Gasteiger partial charge in [0.05, 0.1) is 12.8 Å². The summed E-state index contributed by atoms with van der Waals surface area (Å²) < 4.78 is 33.0. The van der Waals surface area contributed by atoms with Gasteiger partial charge in [0.2, 0.25) is 5.78 Å². The van der Waals surface area contributed by atoms with E-state index in [4.69, 9.17) is 28.4 Å². The van der Waals surface area contributed by atoms with Crippen molar-refractivity contribution in [1.82, 2.24) is 4.98 Å². The molecule has 236 valence electrons. The van der Waals surface area contributed by atoms with Crippen LogP contribution in [-0.2, 0) is 0 Å². The van der Waals surface area contributed by atoms with Crippen molar-refractivity contribution in [3.8, 4) is 45.8 Å². The average Bonchev–Trinajstić information content (AvgIpc) is 3.62. The van der Waals surface area contributed by atoms with E-state index in [0.29, 0.717) is 11.3 Å². The molecule has 2 heterocycles. The molecule has 1 aromatic heterocycles. The van der Waals surface area contributed by atoms with E-state index >= 15 is 0 Å². The van der Waals surface area contributed by atoms with Crippen LogP contribution in [0.3, 0.4) is 0 Å². The molecule has 0 saturated carbocycles. The predicted octanol–water partition coefficient (Wildman–Crippen LogP) is 8.62. The van der Waals surface area contributed by atoms with Crippen molar-refractivity contribution in [3.05, 3.63) is 138 Å². The number of carbonyl (C=O) groups excluding carboxylic acids is 3. The quantitative estimate of drug-likeness (QED) is 0.104. The first-order chi connectivity index (χ1) is 23.4. The molecule has 10 heteroatoms. The molecule has 0 spiro atoms. The maximum atomic E-state index is 14.0. The molecule has 0 radical (unpaired) electrons. The van der Waals surface area contributed by atoms with Gasteiger partial charge in [-0.05, 0) is 54.1 Å². The number of Topliss-reactive ketones (excluding diaryl/α,β-unsaturated/α-hetero) is 1. The molecule has 5 aromatic carbocycles. The lowest BCUT2D eigenvalue weighted by Gasteiger charge is -2.10. The van der Waals surface area contributed by atoms with Gasteiger partial charge in [0, 0.05) is 28.6 Å². The summed E-state index contributed by atoms with van der Waals surface area (Å²) in [5, 5.41) is 0.781. The zero-order valence-corrected chi connectivity index (χ0v) is 25.3. The van der Waals surface area contributed by atoms with Gasteiger partial charge < -0.3 is 33.4 Å². The molecule has 0 bridgehead atoms. The smallest absolute Gasteiger partial charge is 0.497 e. The number of allylic oxidation sites excluding steroid dienone is 1. The first-order valence-electron chi connectivity index (χ1n) is 14.7. The number of aromatic nitrogens is 1. The molecule has 1 N–H and O–H groups in total. The van der Waals surface area contributed by atoms with Gasteiger partial charge in [-0.1, -0.05) is 66.7 Å². The first kappa shape index (κ1) is 29.9. The van der Waals surface area contributed by atoms with Crippen molar-refractivity contribution < 1.29 is 42.8 Å². The van der Waals surface area contributed by atoms with Crippen LogP contribution in [-0.4, -0.2) is 30.2 Å². The molecule has 0 fully saturated rings. The van der Waals surface area contributed by atoms with Gasteiger partial charge in [0.25, 0.3) is 0 Å². The Hall–Kier alpha value is -6.81. The Morgan fingerprint density at radius 2 is 1.27 bits per heavy atom. The van der Waals surface area contributed by atoms with Crippen LogP contribution < -0.4 is 28.4 Å². The Kier molecular flexibility index (Phi) is 8.03. The first-order valence-corrected chi connectivity index (χ1v) is 14.7. The molecule has 0 atom stereocenters. The zero-order valence-electron chi connectivity index (χ0n) is 25.3. The van der Waals surface area contributed by atoms with Gasteiger partial charge >= 0.3 is 12.3 Å². The summed E-state index contributed by atoms with van der Waals surface area (Å²) in [5.41, 5.74) is 3.04. The second-order valence-electron chi connectivity index (χ2n) is 10.5. The van der Waals surface area contributed by atoms with E-state index in [1.165, 1.54) is 12.1 Å². The van der Waals surface area contributed by atoms with Crippen molar-refractivity contribution in [2.24, 2.45) is 0 Å². The third kappa shape index (κ3) is 6.18. The minimum absolute atomic E-state index is 0.00236. The summed E-state index contributed by atoms with van der Waals surface area (Å²) in [7, 11) is 1.57. The Labute approximate surface area is 273 Å². The number of H-pyrrole nitrogens is 1. The van der Waals surface area contributed by atoms with Gasteiger partial charge in [-0.25, -0.2) is 9.59 Å². The van der Waals surface area contributed by atoms with Crippen LogP contribution in [0.4, 0.5) is 9.59 Å². The molecule has 10 nitrogen and oxygen atoms in total. The highest BCUT2D eigenvalue weighted by Crippen LogP contribution is 2.43. The fourth-order valence-electron chi connectivity index (χ4n) is 5.22. The Balaban J connectivity index is 1.27. The minimum Gasteiger partial charge on any atom is -0.497 e. The molecule has 0 saturated heterocycles. The highest BCUT2D eigenvalue weighted by atomic mass is 16.7. The summed E-state index contributed by atoms with van der Waals surface area (Å²) >= 11 is 0. The zero-order chi connectivity index (χ0) is 33.0. The fraction of sp³-hybridized carbons (Fsp3) is 0.0263. The number of benzene rings is 5. The molecule has 48 heavy (non-hydrogen) atoms. The number of methoxy groups -OCH3 is 1. The SMILES string of the molecule is COc1ccc2[nH]c(-c3ccccc3)c(/C=C3\Oc4cc(OC(=O)Oc5ccccc5)cc(OC(=O)Oc5ccccc5)c4C3=O)c2c1. The number of hydrogen-bond acceptors (Lipinski definition) is 9. The number of ketones is 1. The summed E-state index contributed by atoms with van der Waals surface area (Å²) in [5.74, 6) is 0.133. The summed E-state index contributed by atoms with van der Waals surface area (Å²) in [6.07, 6.45) is -0.564. The van der Waals surface area contributed by atoms with Crippen molar-refractivity contribution in [1.29, 1.82) is 0 Å². The lowest BCUT2D eigenvalue weighted by Crippen LogP contribution is -2.16. The summed E-state index contributed by atoms with van der Waals surface area (Å²) in [4.78, 5) is 42.9. The summed E-state index contributed by atoms with van der Waals surface area (Å²) in [6, 6.07) is 34.4. The molecular formula is C38H25NO9. The van der Waals surface area contributed by atoms with Crippen LogP contribution in [0.1, 0.15) is 15.9 Å². The number of carbonyl (C=O) groups is 3. The molecule has 1 aliphatic heterocycles. The number of aromatic amines is 1. The van der Waals surface area contributed by atoms with Gasteiger partial charge in [-0.2, -0.15) is 0 Å². The highest BCUT2D eigenvalue weighted by molar-refractivity contribution is 6.17. The third-order valence-electron chi connectivity index (χ3n) is 7.38. The summed E-state index contributed by atoms with van der Waals surface area (Å²) in [6.45, 7) is 0. The number of hydrogen-bond donors (Lipinski definition) is 1. The lowest BCUT2D eigenvalue weighted by atomic mass is 10.0. The molecule has 7 rings (SSSR count). The molecule has 1 aliphatic rings. The topological polar surface area (TPSA) is 122 Å². The molecule has 0 unspecified atom stereocenters.